The van der Waals surface area contributed by atoms with Crippen LogP contribution in [0.5, 0.6) is 0 Å². The maximum atomic E-state index is 12.2. The quantitative estimate of drug-likeness (QED) is 0.615. The summed E-state index contributed by atoms with van der Waals surface area (Å²) in [7, 11) is 0. The molecule has 1 heterocycles. The Balaban J connectivity index is 1.61. The van der Waals surface area contributed by atoms with Gasteiger partial charge in [-0.25, -0.2) is 9.48 Å². The number of ether oxygens (including phenoxy) is 1. The van der Waals surface area contributed by atoms with Crippen molar-refractivity contribution in [3.63, 3.8) is 0 Å². The third kappa shape index (κ3) is 4.35. The van der Waals surface area contributed by atoms with Crippen molar-refractivity contribution in [2.24, 2.45) is 0 Å². The number of esters is 1. The topological polar surface area (TPSA) is 73.2 Å². The number of carbonyl (C=O) groups excluding carboxylic acids is 2. The van der Waals surface area contributed by atoms with E-state index in [1.165, 1.54) is 0 Å². The molecule has 0 saturated carbocycles. The molecule has 144 valence electrons. The molecule has 1 amide bonds. The van der Waals surface area contributed by atoms with E-state index in [0.29, 0.717) is 21.3 Å². The highest BCUT2D eigenvalue weighted by atomic mass is 35.5. The first-order valence-electron chi connectivity index (χ1n) is 8.40. The van der Waals surface area contributed by atoms with Gasteiger partial charge in [0.15, 0.2) is 6.61 Å². The highest BCUT2D eigenvalue weighted by molar-refractivity contribution is 6.33. The Hall–Kier alpha value is -2.83. The zero-order valence-electron chi connectivity index (χ0n) is 15.2. The summed E-state index contributed by atoms with van der Waals surface area (Å²) >= 11 is 12.1. The highest BCUT2D eigenvalue weighted by Crippen LogP contribution is 2.23. The Morgan fingerprint density at radius 2 is 1.75 bits per heavy atom. The highest BCUT2D eigenvalue weighted by Gasteiger charge is 2.14. The molecule has 0 atom stereocenters. The summed E-state index contributed by atoms with van der Waals surface area (Å²) in [4.78, 5) is 24.1. The summed E-state index contributed by atoms with van der Waals surface area (Å²) in [5.74, 6) is -1.08. The number of para-hydroxylation sites is 1. The van der Waals surface area contributed by atoms with Crippen LogP contribution in [0.15, 0.2) is 48.5 Å². The van der Waals surface area contributed by atoms with Gasteiger partial charge in [0, 0.05) is 0 Å². The van der Waals surface area contributed by atoms with Crippen LogP contribution in [0.4, 0.5) is 5.69 Å². The Labute approximate surface area is 172 Å². The number of hydrogen-bond donors (Lipinski definition) is 1. The van der Waals surface area contributed by atoms with Crippen LogP contribution in [0.3, 0.4) is 0 Å². The van der Waals surface area contributed by atoms with Gasteiger partial charge in [0.25, 0.3) is 5.91 Å². The average Bonchev–Trinajstić information content (AvgIpc) is 2.95. The maximum absolute atomic E-state index is 12.2. The zero-order chi connectivity index (χ0) is 20.3. The fraction of sp³-hybridized carbons (Fsp3) is 0.150. The number of rotatable bonds is 5. The molecule has 0 saturated heterocycles. The van der Waals surface area contributed by atoms with E-state index < -0.39 is 18.5 Å². The van der Waals surface area contributed by atoms with E-state index in [0.717, 1.165) is 17.1 Å². The molecule has 0 aliphatic rings. The first-order chi connectivity index (χ1) is 13.4. The minimum absolute atomic E-state index is 0.321. The number of aromatic nitrogens is 2. The third-order valence-corrected chi connectivity index (χ3v) is 4.91. The Morgan fingerprint density at radius 1 is 1.07 bits per heavy atom. The second-order valence-electron chi connectivity index (χ2n) is 6.05. The minimum atomic E-state index is -0.604. The molecule has 0 spiro atoms. The molecule has 1 N–H and O–H groups in total. The van der Waals surface area contributed by atoms with E-state index in [4.69, 9.17) is 27.9 Å². The van der Waals surface area contributed by atoms with Gasteiger partial charge in [-0.3, -0.25) is 4.79 Å². The number of carbonyl (C=O) groups is 2. The van der Waals surface area contributed by atoms with Gasteiger partial charge in [0.05, 0.1) is 38.4 Å². The summed E-state index contributed by atoms with van der Waals surface area (Å²) in [5, 5.41) is 7.96. The van der Waals surface area contributed by atoms with Gasteiger partial charge in [0.2, 0.25) is 0 Å². The van der Waals surface area contributed by atoms with Gasteiger partial charge in [-0.2, -0.15) is 5.10 Å². The fourth-order valence-corrected chi connectivity index (χ4v) is 2.88. The average molecular weight is 418 g/mol. The Kier molecular flexibility index (Phi) is 6.02. The van der Waals surface area contributed by atoms with Crippen LogP contribution in [-0.2, 0) is 9.53 Å². The van der Waals surface area contributed by atoms with Crippen molar-refractivity contribution in [2.75, 3.05) is 11.9 Å². The van der Waals surface area contributed by atoms with Crippen LogP contribution in [0.2, 0.25) is 10.0 Å². The number of nitrogens with one attached hydrogen (secondary N) is 1. The van der Waals surface area contributed by atoms with Crippen molar-refractivity contribution in [2.45, 2.75) is 13.8 Å². The summed E-state index contributed by atoms with van der Waals surface area (Å²) in [6.07, 6.45) is 0. The number of aryl methyl sites for hydroxylation is 1. The molecule has 2 aromatic carbocycles. The molecule has 28 heavy (non-hydrogen) atoms. The molecule has 3 aromatic rings. The molecular weight excluding hydrogens is 401 g/mol. The lowest BCUT2D eigenvalue weighted by molar-refractivity contribution is -0.119. The van der Waals surface area contributed by atoms with Gasteiger partial charge in [0.1, 0.15) is 0 Å². The molecule has 0 unspecified atom stereocenters. The van der Waals surface area contributed by atoms with E-state index in [9.17, 15) is 9.59 Å². The van der Waals surface area contributed by atoms with Crippen molar-refractivity contribution in [1.29, 1.82) is 0 Å². The Bertz CT molecular complexity index is 1030. The van der Waals surface area contributed by atoms with E-state index in [1.54, 1.807) is 53.2 Å². The molecule has 0 aliphatic carbocycles. The number of benzene rings is 2. The van der Waals surface area contributed by atoms with Crippen molar-refractivity contribution >= 4 is 40.8 Å². The molecule has 6 nitrogen and oxygen atoms in total. The zero-order valence-corrected chi connectivity index (χ0v) is 16.7. The lowest BCUT2D eigenvalue weighted by atomic mass is 10.2. The molecule has 1 aromatic heterocycles. The fourth-order valence-electron chi connectivity index (χ4n) is 2.58. The minimum Gasteiger partial charge on any atom is -0.452 e. The number of hydrogen-bond acceptors (Lipinski definition) is 4. The first kappa shape index (κ1) is 19.9. The second kappa shape index (κ2) is 8.46. The number of amides is 1. The van der Waals surface area contributed by atoms with Crippen LogP contribution in [0.1, 0.15) is 21.7 Å². The maximum Gasteiger partial charge on any atom is 0.338 e. The van der Waals surface area contributed by atoms with Crippen LogP contribution in [0.25, 0.3) is 5.69 Å². The molecule has 0 fully saturated rings. The normalized spacial score (nSPS) is 10.6. The SMILES string of the molecule is Cc1nn(-c2ccc(C(=O)OCC(=O)Nc3ccccc3Cl)cc2)c(C)c1Cl. The first-order valence-corrected chi connectivity index (χ1v) is 9.16. The molecule has 0 radical (unpaired) electrons. The summed E-state index contributed by atoms with van der Waals surface area (Å²) in [6.45, 7) is 3.27. The lowest BCUT2D eigenvalue weighted by Gasteiger charge is -2.09. The van der Waals surface area contributed by atoms with E-state index in [2.05, 4.69) is 10.4 Å². The predicted molar refractivity (Wildman–Crippen MR) is 108 cm³/mol. The van der Waals surface area contributed by atoms with Gasteiger partial charge in [-0.1, -0.05) is 35.3 Å². The second-order valence-corrected chi connectivity index (χ2v) is 6.83. The lowest BCUT2D eigenvalue weighted by Crippen LogP contribution is -2.21. The van der Waals surface area contributed by atoms with Crippen LogP contribution < -0.4 is 5.32 Å². The number of nitrogens with zero attached hydrogens (tertiary/aromatic N) is 2. The summed E-state index contributed by atoms with van der Waals surface area (Å²) in [6, 6.07) is 13.5. The van der Waals surface area contributed by atoms with Gasteiger partial charge < -0.3 is 10.1 Å². The van der Waals surface area contributed by atoms with Gasteiger partial charge in [-0.15, -0.1) is 0 Å². The van der Waals surface area contributed by atoms with Crippen molar-refractivity contribution in [1.82, 2.24) is 9.78 Å². The molecular formula is C20H17Cl2N3O3. The molecule has 3 rings (SSSR count). The third-order valence-electron chi connectivity index (χ3n) is 4.03. The van der Waals surface area contributed by atoms with Crippen molar-refractivity contribution < 1.29 is 14.3 Å². The van der Waals surface area contributed by atoms with Crippen LogP contribution in [0, 0.1) is 13.8 Å². The molecule has 0 bridgehead atoms. The van der Waals surface area contributed by atoms with Crippen LogP contribution in [-0.4, -0.2) is 28.3 Å². The molecule has 8 heteroatoms. The van der Waals surface area contributed by atoms with E-state index in [1.807, 2.05) is 13.8 Å². The van der Waals surface area contributed by atoms with Crippen LogP contribution >= 0.6 is 23.2 Å². The van der Waals surface area contributed by atoms with Gasteiger partial charge in [-0.05, 0) is 50.2 Å². The predicted octanol–water partition coefficient (Wildman–Crippen LogP) is 4.59. The van der Waals surface area contributed by atoms with Crippen molar-refractivity contribution in [3.8, 4) is 5.69 Å². The number of anilines is 1. The van der Waals surface area contributed by atoms with Gasteiger partial charge >= 0.3 is 5.97 Å². The monoisotopic (exact) mass is 417 g/mol. The van der Waals surface area contributed by atoms with E-state index >= 15 is 0 Å². The Morgan fingerprint density at radius 3 is 2.36 bits per heavy atom. The van der Waals surface area contributed by atoms with E-state index in [-0.39, 0.29) is 0 Å². The standard InChI is InChI=1S/C20H17Cl2N3O3/c1-12-19(22)13(2)25(24-12)15-9-7-14(8-10-15)20(27)28-11-18(26)23-17-6-4-3-5-16(17)21/h3-10H,11H2,1-2H3,(H,23,26). The number of halogens is 2. The largest absolute Gasteiger partial charge is 0.452 e. The smallest absolute Gasteiger partial charge is 0.338 e. The summed E-state index contributed by atoms with van der Waals surface area (Å²) in [5.41, 5.74) is 3.08. The molecule has 0 aliphatic heterocycles. The van der Waals surface area contributed by atoms with Crippen molar-refractivity contribution in [3.05, 3.63) is 75.5 Å². The summed E-state index contributed by atoms with van der Waals surface area (Å²) < 4.78 is 6.76.